The second-order valence-corrected chi connectivity index (χ2v) is 7.66. The Hall–Kier alpha value is -3.03. The maximum atomic E-state index is 13.2. The molecule has 0 saturated carbocycles. The molecule has 30 heavy (non-hydrogen) atoms. The van der Waals surface area contributed by atoms with Crippen molar-refractivity contribution < 1.29 is 13.2 Å². The van der Waals surface area contributed by atoms with E-state index in [-0.39, 0.29) is 21.6 Å². The monoisotopic (exact) mass is 448 g/mol. The Morgan fingerprint density at radius 1 is 1.20 bits per heavy atom. The van der Waals surface area contributed by atoms with E-state index in [0.29, 0.717) is 17.0 Å². The lowest BCUT2D eigenvalue weighted by atomic mass is 10.2. The summed E-state index contributed by atoms with van der Waals surface area (Å²) >= 11 is 7.11. The van der Waals surface area contributed by atoms with E-state index in [1.165, 1.54) is 4.40 Å². The number of hydrogen-bond acceptors (Lipinski definition) is 5. The van der Waals surface area contributed by atoms with E-state index in [1.54, 1.807) is 11.6 Å². The Morgan fingerprint density at radius 3 is 2.60 bits per heavy atom. The number of aromatic nitrogens is 5. The molecule has 0 aliphatic rings. The van der Waals surface area contributed by atoms with Gasteiger partial charge in [-0.1, -0.05) is 41.6 Å². The zero-order valence-corrected chi connectivity index (χ0v) is 16.9. The fraction of sp³-hybridized carbons (Fsp3) is 0.158. The lowest BCUT2D eigenvalue weighted by Crippen LogP contribution is -2.07. The van der Waals surface area contributed by atoms with Crippen LogP contribution in [0.15, 0.2) is 47.8 Å². The van der Waals surface area contributed by atoms with Crippen LogP contribution in [0, 0.1) is 18.3 Å². The molecule has 3 aromatic heterocycles. The predicted octanol–water partition coefficient (Wildman–Crippen LogP) is 5.06. The first-order valence-corrected chi connectivity index (χ1v) is 9.94. The van der Waals surface area contributed by atoms with Gasteiger partial charge in [0.1, 0.15) is 6.07 Å². The summed E-state index contributed by atoms with van der Waals surface area (Å²) in [4.78, 5) is 0. The van der Waals surface area contributed by atoms with E-state index in [2.05, 4.69) is 21.4 Å². The van der Waals surface area contributed by atoms with Gasteiger partial charge in [0.15, 0.2) is 10.8 Å². The van der Waals surface area contributed by atoms with Crippen LogP contribution >= 0.6 is 23.4 Å². The molecule has 4 aromatic rings. The fourth-order valence-corrected chi connectivity index (χ4v) is 4.11. The molecule has 0 saturated heterocycles. The highest BCUT2D eigenvalue weighted by atomic mass is 35.5. The minimum Gasteiger partial charge on any atom is -0.276 e. The summed E-state index contributed by atoms with van der Waals surface area (Å²) in [5, 5.41) is 21.9. The number of para-hydroxylation sites is 1. The Bertz CT molecular complexity index is 1270. The first-order chi connectivity index (χ1) is 14.3. The van der Waals surface area contributed by atoms with Crippen LogP contribution < -0.4 is 0 Å². The van der Waals surface area contributed by atoms with Crippen LogP contribution in [0.2, 0.25) is 5.02 Å². The SMILES string of the molecule is Cc1nn(-c2ccccc2)c(CSc2nnc3c(Cl)cc(C(F)(F)F)cn23)c1C#N. The van der Waals surface area contributed by atoms with Gasteiger partial charge < -0.3 is 0 Å². The largest absolute Gasteiger partial charge is 0.417 e. The van der Waals surface area contributed by atoms with Crippen molar-refractivity contribution in [3.05, 3.63) is 70.1 Å². The van der Waals surface area contributed by atoms with Crippen molar-refractivity contribution in [2.75, 3.05) is 0 Å². The zero-order valence-electron chi connectivity index (χ0n) is 15.4. The van der Waals surface area contributed by atoms with Crippen LogP contribution in [0.25, 0.3) is 11.3 Å². The molecule has 152 valence electrons. The quantitative estimate of drug-likeness (QED) is 0.408. The third-order valence-electron chi connectivity index (χ3n) is 4.36. The van der Waals surface area contributed by atoms with Crippen molar-refractivity contribution in [3.63, 3.8) is 0 Å². The molecule has 6 nitrogen and oxygen atoms in total. The van der Waals surface area contributed by atoms with E-state index in [0.717, 1.165) is 29.7 Å². The number of nitriles is 1. The van der Waals surface area contributed by atoms with Crippen molar-refractivity contribution in [1.29, 1.82) is 5.26 Å². The minimum absolute atomic E-state index is 0.125. The summed E-state index contributed by atoms with van der Waals surface area (Å²) in [7, 11) is 0. The van der Waals surface area contributed by atoms with E-state index in [4.69, 9.17) is 11.6 Å². The third-order valence-corrected chi connectivity index (χ3v) is 5.59. The van der Waals surface area contributed by atoms with Crippen molar-refractivity contribution in [2.24, 2.45) is 0 Å². The molecular weight excluding hydrogens is 437 g/mol. The second kappa shape index (κ2) is 7.66. The van der Waals surface area contributed by atoms with Gasteiger partial charge in [0.2, 0.25) is 0 Å². The van der Waals surface area contributed by atoms with E-state index >= 15 is 0 Å². The first-order valence-electron chi connectivity index (χ1n) is 8.58. The highest BCUT2D eigenvalue weighted by molar-refractivity contribution is 7.98. The lowest BCUT2D eigenvalue weighted by molar-refractivity contribution is -0.137. The second-order valence-electron chi connectivity index (χ2n) is 6.31. The molecule has 0 bridgehead atoms. The minimum atomic E-state index is -4.55. The highest BCUT2D eigenvalue weighted by Crippen LogP contribution is 2.34. The smallest absolute Gasteiger partial charge is 0.276 e. The maximum Gasteiger partial charge on any atom is 0.417 e. The number of benzene rings is 1. The fourth-order valence-electron chi connectivity index (χ4n) is 2.96. The Morgan fingerprint density at radius 2 is 1.93 bits per heavy atom. The van der Waals surface area contributed by atoms with Gasteiger partial charge in [0.05, 0.1) is 33.2 Å². The van der Waals surface area contributed by atoms with Crippen LogP contribution in [0.1, 0.15) is 22.5 Å². The Kier molecular flexibility index (Phi) is 5.17. The van der Waals surface area contributed by atoms with Crippen LogP contribution in [0.4, 0.5) is 13.2 Å². The number of rotatable bonds is 4. The zero-order chi connectivity index (χ0) is 21.5. The Labute approximate surface area is 177 Å². The lowest BCUT2D eigenvalue weighted by Gasteiger charge is -2.09. The van der Waals surface area contributed by atoms with Gasteiger partial charge in [-0.05, 0) is 25.1 Å². The molecule has 0 aliphatic carbocycles. The molecule has 3 heterocycles. The van der Waals surface area contributed by atoms with Gasteiger partial charge in [0.25, 0.3) is 0 Å². The summed E-state index contributed by atoms with van der Waals surface area (Å²) in [5.74, 6) is 0.243. The van der Waals surface area contributed by atoms with Crippen LogP contribution in [0.5, 0.6) is 0 Å². The summed E-state index contributed by atoms with van der Waals surface area (Å²) < 4.78 is 42.3. The molecule has 4 rings (SSSR count). The van der Waals surface area contributed by atoms with Gasteiger partial charge in [-0.15, -0.1) is 10.2 Å². The average Bonchev–Trinajstić information content (AvgIpc) is 3.27. The molecule has 0 spiro atoms. The summed E-state index contributed by atoms with van der Waals surface area (Å²) in [6.45, 7) is 1.73. The number of hydrogen-bond donors (Lipinski definition) is 0. The Balaban J connectivity index is 1.73. The molecule has 11 heteroatoms. The van der Waals surface area contributed by atoms with Crippen molar-refractivity contribution in [2.45, 2.75) is 24.0 Å². The van der Waals surface area contributed by atoms with Crippen molar-refractivity contribution >= 4 is 29.0 Å². The molecule has 1 aromatic carbocycles. The molecule has 0 amide bonds. The molecule has 0 fully saturated rings. The van der Waals surface area contributed by atoms with Gasteiger partial charge in [-0.25, -0.2) is 4.68 Å². The number of fused-ring (bicyclic) bond motifs is 1. The van der Waals surface area contributed by atoms with E-state index < -0.39 is 11.7 Å². The average molecular weight is 449 g/mol. The standard InChI is InChI=1S/C19H12ClF3N6S/c1-11-14(8-24)16(29(27-11)13-5-3-2-4-6-13)10-30-18-26-25-17-15(20)7-12(9-28(17)18)19(21,22)23/h2-7,9H,10H2,1H3. The van der Waals surface area contributed by atoms with Gasteiger partial charge in [-0.2, -0.15) is 23.5 Å². The van der Waals surface area contributed by atoms with Crippen molar-refractivity contribution in [1.82, 2.24) is 24.4 Å². The van der Waals surface area contributed by atoms with E-state index in [1.807, 2.05) is 30.3 Å². The normalized spacial score (nSPS) is 11.7. The topological polar surface area (TPSA) is 71.8 Å². The van der Waals surface area contributed by atoms with Gasteiger partial charge in [-0.3, -0.25) is 4.40 Å². The van der Waals surface area contributed by atoms with Crippen LogP contribution in [-0.4, -0.2) is 24.4 Å². The van der Waals surface area contributed by atoms with Crippen LogP contribution in [0.3, 0.4) is 0 Å². The molecule has 0 unspecified atom stereocenters. The van der Waals surface area contributed by atoms with Crippen LogP contribution in [-0.2, 0) is 11.9 Å². The summed E-state index contributed by atoms with van der Waals surface area (Å²) in [5.41, 5.74) is 1.58. The third kappa shape index (κ3) is 3.62. The van der Waals surface area contributed by atoms with E-state index in [9.17, 15) is 18.4 Å². The van der Waals surface area contributed by atoms with Gasteiger partial charge in [0, 0.05) is 11.9 Å². The summed E-state index contributed by atoms with van der Waals surface area (Å²) in [6.07, 6.45) is -3.64. The molecular formula is C19H12ClF3N6S. The predicted molar refractivity (Wildman–Crippen MR) is 106 cm³/mol. The number of thioether (sulfide) groups is 1. The number of halogens is 4. The molecule has 0 atom stereocenters. The van der Waals surface area contributed by atoms with Crippen molar-refractivity contribution in [3.8, 4) is 11.8 Å². The number of alkyl halides is 3. The maximum absolute atomic E-state index is 13.2. The highest BCUT2D eigenvalue weighted by Gasteiger charge is 2.32. The number of aryl methyl sites for hydroxylation is 1. The molecule has 0 radical (unpaired) electrons. The van der Waals surface area contributed by atoms with Gasteiger partial charge >= 0.3 is 6.18 Å². The molecule has 0 aliphatic heterocycles. The molecule has 0 N–H and O–H groups in total. The number of pyridine rings is 1. The summed E-state index contributed by atoms with van der Waals surface area (Å²) in [6, 6.07) is 12.2. The first kappa shape index (κ1) is 20.3. The number of nitrogens with zero attached hydrogens (tertiary/aromatic N) is 6.